The molecule has 0 saturated carbocycles. The molecule has 1 unspecified atom stereocenters. The van der Waals surface area contributed by atoms with E-state index in [1.165, 1.54) is 89.9 Å². The van der Waals surface area contributed by atoms with Crippen molar-refractivity contribution in [2.45, 2.75) is 111 Å². The smallest absolute Gasteiger partial charge is 0.212 e. The van der Waals surface area contributed by atoms with Gasteiger partial charge in [-0.05, 0) is 32.3 Å². The Labute approximate surface area is 165 Å². The fourth-order valence-corrected chi connectivity index (χ4v) is 3.52. The van der Waals surface area contributed by atoms with Crippen LogP contribution in [0.4, 0.5) is 0 Å². The quantitative estimate of drug-likeness (QED) is 0.136. The van der Waals surface area contributed by atoms with E-state index in [-0.39, 0.29) is 5.78 Å². The molecule has 0 aromatic heterocycles. The van der Waals surface area contributed by atoms with Crippen molar-refractivity contribution >= 4 is 5.78 Å². The summed E-state index contributed by atoms with van der Waals surface area (Å²) in [7, 11) is 2.21. The standard InChI is InChI=1S/C24H48NO/c1-6-8-9-10-11-12-13-14-15-16-17-18-19-20-21-25(5,7-2)22-24(26)23(3)4/h3,6-22H2,1-2,4-5H3/q+1. The fraction of sp³-hybridized carbons (Fsp3) is 0.875. The summed E-state index contributed by atoms with van der Waals surface area (Å²) in [5.41, 5.74) is 0.698. The molecular formula is C24H48NO+. The van der Waals surface area contributed by atoms with Crippen molar-refractivity contribution in [1.29, 1.82) is 0 Å². The van der Waals surface area contributed by atoms with Crippen LogP contribution in [-0.4, -0.2) is 36.9 Å². The van der Waals surface area contributed by atoms with E-state index < -0.39 is 0 Å². The Kier molecular flexibility index (Phi) is 16.1. The fourth-order valence-electron chi connectivity index (χ4n) is 3.52. The maximum Gasteiger partial charge on any atom is 0.212 e. The third kappa shape index (κ3) is 14.5. The normalized spacial score (nSPS) is 13.5. The van der Waals surface area contributed by atoms with Crippen LogP contribution in [0, 0.1) is 0 Å². The zero-order valence-electron chi connectivity index (χ0n) is 18.6. The van der Waals surface area contributed by atoms with E-state index in [9.17, 15) is 4.79 Å². The summed E-state index contributed by atoms with van der Waals surface area (Å²) in [6.07, 6.45) is 19.5. The highest BCUT2D eigenvalue weighted by Gasteiger charge is 2.22. The lowest BCUT2D eigenvalue weighted by molar-refractivity contribution is -0.900. The number of unbranched alkanes of at least 4 members (excludes halogenated alkanes) is 13. The number of rotatable bonds is 19. The summed E-state index contributed by atoms with van der Waals surface area (Å²) >= 11 is 0. The van der Waals surface area contributed by atoms with Crippen molar-refractivity contribution in [2.75, 3.05) is 26.7 Å². The number of quaternary nitrogens is 1. The Bertz CT molecular complexity index is 363. The van der Waals surface area contributed by atoms with E-state index in [2.05, 4.69) is 27.5 Å². The number of Topliss-reactive ketones (excluding diaryl/α,β-unsaturated/α-hetero) is 1. The van der Waals surface area contributed by atoms with Gasteiger partial charge in [-0.2, -0.15) is 0 Å². The number of hydrogen-bond donors (Lipinski definition) is 0. The molecule has 0 bridgehead atoms. The lowest BCUT2D eigenvalue weighted by atomic mass is 10.0. The minimum atomic E-state index is 0.222. The molecule has 154 valence electrons. The molecule has 0 radical (unpaired) electrons. The van der Waals surface area contributed by atoms with Crippen molar-refractivity contribution in [3.8, 4) is 0 Å². The maximum absolute atomic E-state index is 11.9. The molecule has 0 fully saturated rings. The van der Waals surface area contributed by atoms with Crippen molar-refractivity contribution in [3.63, 3.8) is 0 Å². The number of carbonyl (C=O) groups excluding carboxylic acids is 1. The van der Waals surface area contributed by atoms with E-state index in [0.29, 0.717) is 12.1 Å². The van der Waals surface area contributed by atoms with Gasteiger partial charge < -0.3 is 4.48 Å². The number of ketones is 1. The molecule has 0 spiro atoms. The third-order valence-electron chi connectivity index (χ3n) is 5.82. The highest BCUT2D eigenvalue weighted by atomic mass is 16.1. The van der Waals surface area contributed by atoms with Crippen LogP contribution in [0.5, 0.6) is 0 Å². The van der Waals surface area contributed by atoms with Gasteiger partial charge in [-0.15, -0.1) is 0 Å². The van der Waals surface area contributed by atoms with E-state index in [0.717, 1.165) is 17.6 Å². The average Bonchev–Trinajstić information content (AvgIpc) is 2.61. The second-order valence-electron chi connectivity index (χ2n) is 8.62. The molecule has 0 rings (SSSR count). The second-order valence-corrected chi connectivity index (χ2v) is 8.62. The van der Waals surface area contributed by atoms with Gasteiger partial charge in [0.15, 0.2) is 0 Å². The molecule has 0 N–H and O–H groups in total. The van der Waals surface area contributed by atoms with Crippen LogP contribution in [0.3, 0.4) is 0 Å². The van der Waals surface area contributed by atoms with Crippen LogP contribution < -0.4 is 0 Å². The van der Waals surface area contributed by atoms with Gasteiger partial charge in [0.05, 0.1) is 20.1 Å². The molecule has 0 heterocycles. The minimum Gasteiger partial charge on any atom is -0.320 e. The first-order valence-electron chi connectivity index (χ1n) is 11.5. The molecule has 0 amide bonds. The van der Waals surface area contributed by atoms with E-state index in [1.807, 2.05) is 6.92 Å². The van der Waals surface area contributed by atoms with Gasteiger partial charge in [-0.3, -0.25) is 4.79 Å². The zero-order valence-corrected chi connectivity index (χ0v) is 18.6. The van der Waals surface area contributed by atoms with Crippen molar-refractivity contribution in [1.82, 2.24) is 0 Å². The Morgan fingerprint density at radius 1 is 0.731 bits per heavy atom. The van der Waals surface area contributed by atoms with Crippen molar-refractivity contribution in [2.24, 2.45) is 0 Å². The van der Waals surface area contributed by atoms with Crippen molar-refractivity contribution in [3.05, 3.63) is 12.2 Å². The molecule has 2 heteroatoms. The lowest BCUT2D eigenvalue weighted by Gasteiger charge is -2.32. The maximum atomic E-state index is 11.9. The van der Waals surface area contributed by atoms with Crippen molar-refractivity contribution < 1.29 is 9.28 Å². The summed E-state index contributed by atoms with van der Waals surface area (Å²) in [5, 5.41) is 0. The molecule has 0 aromatic carbocycles. The monoisotopic (exact) mass is 366 g/mol. The molecule has 1 atom stereocenters. The van der Waals surface area contributed by atoms with Crippen LogP contribution in [0.2, 0.25) is 0 Å². The van der Waals surface area contributed by atoms with Gasteiger partial charge in [0.1, 0.15) is 6.54 Å². The molecule has 0 aliphatic rings. The molecule has 0 saturated heterocycles. The summed E-state index contributed by atoms with van der Waals surface area (Å²) in [4.78, 5) is 11.9. The van der Waals surface area contributed by atoms with E-state index in [4.69, 9.17) is 0 Å². The van der Waals surface area contributed by atoms with Crippen LogP contribution in [0.25, 0.3) is 0 Å². The van der Waals surface area contributed by atoms with Crippen LogP contribution in [-0.2, 0) is 4.79 Å². The first-order valence-corrected chi connectivity index (χ1v) is 11.5. The topological polar surface area (TPSA) is 17.1 Å². The largest absolute Gasteiger partial charge is 0.320 e. The first-order chi connectivity index (χ1) is 12.4. The zero-order chi connectivity index (χ0) is 19.7. The van der Waals surface area contributed by atoms with Gasteiger partial charge in [0, 0.05) is 0 Å². The Hall–Kier alpha value is -0.630. The van der Waals surface area contributed by atoms with Crippen LogP contribution in [0.15, 0.2) is 12.2 Å². The molecular weight excluding hydrogens is 318 g/mol. The molecule has 0 aliphatic heterocycles. The number of nitrogens with zero attached hydrogens (tertiary/aromatic N) is 1. The Morgan fingerprint density at radius 2 is 1.12 bits per heavy atom. The SMILES string of the molecule is C=C(C)C(=O)C[N+](C)(CC)CCCCCCCCCCCCCCCC. The molecule has 0 aromatic rings. The van der Waals surface area contributed by atoms with Gasteiger partial charge in [0.25, 0.3) is 0 Å². The number of hydrogen-bond acceptors (Lipinski definition) is 1. The highest BCUT2D eigenvalue weighted by molar-refractivity contribution is 5.95. The van der Waals surface area contributed by atoms with E-state index >= 15 is 0 Å². The van der Waals surface area contributed by atoms with Gasteiger partial charge in [-0.25, -0.2) is 0 Å². The number of likely N-dealkylation sites (N-methyl/N-ethyl adjacent to an activating group) is 1. The summed E-state index contributed by atoms with van der Waals surface area (Å²) < 4.78 is 0.865. The Balaban J connectivity index is 3.49. The van der Waals surface area contributed by atoms with Gasteiger partial charge in [-0.1, -0.05) is 90.6 Å². The number of carbonyl (C=O) groups is 1. The average molecular weight is 367 g/mol. The predicted molar refractivity (Wildman–Crippen MR) is 117 cm³/mol. The van der Waals surface area contributed by atoms with Crippen LogP contribution in [0.1, 0.15) is 111 Å². The molecule has 2 nitrogen and oxygen atoms in total. The predicted octanol–water partition coefficient (Wildman–Crippen LogP) is 7.08. The highest BCUT2D eigenvalue weighted by Crippen LogP contribution is 2.14. The summed E-state index contributed by atoms with van der Waals surface area (Å²) in [6, 6.07) is 0. The minimum absolute atomic E-state index is 0.222. The van der Waals surface area contributed by atoms with E-state index in [1.54, 1.807) is 0 Å². The van der Waals surface area contributed by atoms with Gasteiger partial charge >= 0.3 is 0 Å². The lowest BCUT2D eigenvalue weighted by Crippen LogP contribution is -2.48. The van der Waals surface area contributed by atoms with Gasteiger partial charge in [0.2, 0.25) is 5.78 Å². The summed E-state index contributed by atoms with van der Waals surface area (Å²) in [6.45, 7) is 12.8. The molecule has 0 aliphatic carbocycles. The second kappa shape index (κ2) is 16.5. The third-order valence-corrected chi connectivity index (χ3v) is 5.82. The first kappa shape index (κ1) is 25.4. The molecule has 26 heavy (non-hydrogen) atoms. The summed E-state index contributed by atoms with van der Waals surface area (Å²) in [5.74, 6) is 0.222. The van der Waals surface area contributed by atoms with Crippen LogP contribution >= 0.6 is 0 Å². The Morgan fingerprint density at radius 3 is 1.46 bits per heavy atom.